The Labute approximate surface area is 187 Å². The molecule has 2 N–H and O–H groups in total. The SMILES string of the molecule is C[C@H](COC(=O)[C@H](Cc1ccccc1)NC(=O)c1ccccc1)NC(=O)c1ccccc1. The summed E-state index contributed by atoms with van der Waals surface area (Å²) in [5, 5.41) is 5.57. The van der Waals surface area contributed by atoms with Gasteiger partial charge in [-0.1, -0.05) is 66.7 Å². The van der Waals surface area contributed by atoms with Crippen LogP contribution >= 0.6 is 0 Å². The quantitative estimate of drug-likeness (QED) is 0.510. The minimum Gasteiger partial charge on any atom is -0.462 e. The number of nitrogens with one attached hydrogen (secondary N) is 2. The molecule has 0 saturated heterocycles. The van der Waals surface area contributed by atoms with Crippen LogP contribution in [0.15, 0.2) is 91.0 Å². The molecule has 6 nitrogen and oxygen atoms in total. The molecule has 6 heteroatoms. The molecule has 0 aliphatic heterocycles. The van der Waals surface area contributed by atoms with E-state index in [1.165, 1.54) is 0 Å². The van der Waals surface area contributed by atoms with Crippen LogP contribution in [0.2, 0.25) is 0 Å². The first-order valence-electron chi connectivity index (χ1n) is 10.5. The highest BCUT2D eigenvalue weighted by molar-refractivity contribution is 5.97. The first kappa shape index (κ1) is 22.7. The van der Waals surface area contributed by atoms with Crippen LogP contribution < -0.4 is 10.6 Å². The average Bonchev–Trinajstić information content (AvgIpc) is 2.83. The minimum absolute atomic E-state index is 0.0100. The number of hydrogen-bond acceptors (Lipinski definition) is 4. The Hall–Kier alpha value is -3.93. The second-order valence-corrected chi connectivity index (χ2v) is 7.45. The molecule has 3 aromatic carbocycles. The fourth-order valence-electron chi connectivity index (χ4n) is 3.12. The van der Waals surface area contributed by atoms with E-state index >= 15 is 0 Å². The summed E-state index contributed by atoms with van der Waals surface area (Å²) < 4.78 is 5.44. The zero-order chi connectivity index (χ0) is 22.8. The normalized spacial score (nSPS) is 12.3. The Morgan fingerprint density at radius 2 is 1.19 bits per heavy atom. The number of ether oxygens (including phenoxy) is 1. The summed E-state index contributed by atoms with van der Waals surface area (Å²) >= 11 is 0. The summed E-state index contributed by atoms with van der Waals surface area (Å²) in [5.74, 6) is -1.15. The number of amides is 2. The van der Waals surface area contributed by atoms with Crippen LogP contribution in [0.4, 0.5) is 0 Å². The van der Waals surface area contributed by atoms with Crippen molar-refractivity contribution in [3.05, 3.63) is 108 Å². The number of hydrogen-bond donors (Lipinski definition) is 2. The van der Waals surface area contributed by atoms with E-state index in [-0.39, 0.29) is 18.4 Å². The van der Waals surface area contributed by atoms with Crippen molar-refractivity contribution in [2.45, 2.75) is 25.4 Å². The van der Waals surface area contributed by atoms with E-state index in [1.807, 2.05) is 42.5 Å². The van der Waals surface area contributed by atoms with Gasteiger partial charge in [0.1, 0.15) is 12.6 Å². The van der Waals surface area contributed by atoms with E-state index < -0.39 is 18.1 Å². The molecular weight excluding hydrogens is 404 g/mol. The first-order chi connectivity index (χ1) is 15.5. The first-order valence-corrected chi connectivity index (χ1v) is 10.5. The van der Waals surface area contributed by atoms with Crippen molar-refractivity contribution in [2.75, 3.05) is 6.61 Å². The summed E-state index contributed by atoms with van der Waals surface area (Å²) in [7, 11) is 0. The highest BCUT2D eigenvalue weighted by Crippen LogP contribution is 2.07. The molecule has 2 amide bonds. The van der Waals surface area contributed by atoms with Crippen LogP contribution in [-0.2, 0) is 16.0 Å². The molecule has 0 aliphatic carbocycles. The van der Waals surface area contributed by atoms with Gasteiger partial charge in [-0.25, -0.2) is 4.79 Å². The topological polar surface area (TPSA) is 84.5 Å². The van der Waals surface area contributed by atoms with Crippen molar-refractivity contribution in [3.63, 3.8) is 0 Å². The lowest BCUT2D eigenvalue weighted by molar-refractivity contribution is -0.146. The van der Waals surface area contributed by atoms with Crippen LogP contribution in [0, 0.1) is 0 Å². The monoisotopic (exact) mass is 430 g/mol. The zero-order valence-corrected chi connectivity index (χ0v) is 17.9. The number of rotatable bonds is 9. The number of carbonyl (C=O) groups is 3. The molecule has 0 unspecified atom stereocenters. The Kier molecular flexibility index (Phi) is 8.15. The lowest BCUT2D eigenvalue weighted by Crippen LogP contribution is -2.45. The molecule has 164 valence electrons. The van der Waals surface area contributed by atoms with E-state index in [0.29, 0.717) is 17.5 Å². The van der Waals surface area contributed by atoms with Crippen molar-refractivity contribution in [2.24, 2.45) is 0 Å². The molecule has 0 aromatic heterocycles. The molecule has 0 aliphatic rings. The number of benzene rings is 3. The molecular formula is C26H26N2O4. The van der Waals surface area contributed by atoms with Gasteiger partial charge in [0.2, 0.25) is 0 Å². The molecule has 0 spiro atoms. The molecule has 0 bridgehead atoms. The molecule has 3 rings (SSSR count). The second-order valence-electron chi connectivity index (χ2n) is 7.45. The Balaban J connectivity index is 1.61. The van der Waals surface area contributed by atoms with Crippen molar-refractivity contribution < 1.29 is 19.1 Å². The summed E-state index contributed by atoms with van der Waals surface area (Å²) in [4.78, 5) is 37.7. The zero-order valence-electron chi connectivity index (χ0n) is 17.9. The van der Waals surface area contributed by atoms with Gasteiger partial charge in [-0.05, 0) is 36.8 Å². The fraction of sp³-hybridized carbons (Fsp3) is 0.192. The predicted molar refractivity (Wildman–Crippen MR) is 122 cm³/mol. The Morgan fingerprint density at radius 3 is 1.72 bits per heavy atom. The van der Waals surface area contributed by atoms with Gasteiger partial charge in [0.05, 0.1) is 6.04 Å². The average molecular weight is 431 g/mol. The fourth-order valence-corrected chi connectivity index (χ4v) is 3.12. The second kappa shape index (κ2) is 11.5. The van der Waals surface area contributed by atoms with E-state index in [4.69, 9.17) is 4.74 Å². The third-order valence-corrected chi connectivity index (χ3v) is 4.80. The van der Waals surface area contributed by atoms with E-state index in [9.17, 15) is 14.4 Å². The molecule has 0 heterocycles. The van der Waals surface area contributed by atoms with Gasteiger partial charge in [-0.15, -0.1) is 0 Å². The summed E-state index contributed by atoms with van der Waals surface area (Å²) in [5.41, 5.74) is 1.89. The van der Waals surface area contributed by atoms with Crippen molar-refractivity contribution in [1.29, 1.82) is 0 Å². The van der Waals surface area contributed by atoms with Crippen molar-refractivity contribution in [3.8, 4) is 0 Å². The summed E-state index contributed by atoms with van der Waals surface area (Å²) in [6.07, 6.45) is 0.295. The Bertz CT molecular complexity index is 1020. The van der Waals surface area contributed by atoms with Gasteiger partial charge in [-0.2, -0.15) is 0 Å². The highest BCUT2D eigenvalue weighted by Gasteiger charge is 2.24. The smallest absolute Gasteiger partial charge is 0.329 e. The molecule has 2 atom stereocenters. The lowest BCUT2D eigenvalue weighted by Gasteiger charge is -2.20. The van der Waals surface area contributed by atoms with Crippen LogP contribution in [-0.4, -0.2) is 36.5 Å². The van der Waals surface area contributed by atoms with Gasteiger partial charge in [-0.3, -0.25) is 9.59 Å². The van der Waals surface area contributed by atoms with Gasteiger partial charge in [0.25, 0.3) is 11.8 Å². The summed E-state index contributed by atoms with van der Waals surface area (Å²) in [6, 6.07) is 25.7. The Morgan fingerprint density at radius 1 is 0.719 bits per heavy atom. The largest absolute Gasteiger partial charge is 0.462 e. The highest BCUT2D eigenvalue weighted by atomic mass is 16.5. The van der Waals surface area contributed by atoms with Crippen LogP contribution in [0.1, 0.15) is 33.2 Å². The number of esters is 1. The maximum atomic E-state index is 12.8. The van der Waals surface area contributed by atoms with Gasteiger partial charge < -0.3 is 15.4 Å². The molecule has 32 heavy (non-hydrogen) atoms. The van der Waals surface area contributed by atoms with Crippen LogP contribution in [0.3, 0.4) is 0 Å². The summed E-state index contributed by atoms with van der Waals surface area (Å²) in [6.45, 7) is 1.74. The number of carbonyl (C=O) groups excluding carboxylic acids is 3. The van der Waals surface area contributed by atoms with Gasteiger partial charge in [0.15, 0.2) is 0 Å². The maximum absolute atomic E-state index is 12.8. The molecule has 0 radical (unpaired) electrons. The van der Waals surface area contributed by atoms with Crippen molar-refractivity contribution in [1.82, 2.24) is 10.6 Å². The predicted octanol–water partition coefficient (Wildman–Crippen LogP) is 3.39. The third kappa shape index (κ3) is 6.80. The van der Waals surface area contributed by atoms with Crippen molar-refractivity contribution >= 4 is 17.8 Å². The minimum atomic E-state index is -0.859. The van der Waals surface area contributed by atoms with Gasteiger partial charge >= 0.3 is 5.97 Å². The van der Waals surface area contributed by atoms with E-state index in [1.54, 1.807) is 55.5 Å². The molecule has 0 fully saturated rings. The third-order valence-electron chi connectivity index (χ3n) is 4.80. The molecule has 0 saturated carbocycles. The molecule has 3 aromatic rings. The standard InChI is InChI=1S/C26H26N2O4/c1-19(27-24(29)21-13-7-3-8-14-21)18-32-26(31)23(17-20-11-5-2-6-12-20)28-25(30)22-15-9-4-10-16-22/h2-16,19,23H,17-18H2,1H3,(H,27,29)(H,28,30)/t19-,23+/m1/s1. The van der Waals surface area contributed by atoms with Crippen LogP contribution in [0.25, 0.3) is 0 Å². The van der Waals surface area contributed by atoms with Gasteiger partial charge in [0, 0.05) is 17.5 Å². The van der Waals surface area contributed by atoms with Crippen LogP contribution in [0.5, 0.6) is 0 Å². The van der Waals surface area contributed by atoms with E-state index in [2.05, 4.69) is 10.6 Å². The lowest BCUT2D eigenvalue weighted by atomic mass is 10.1. The van der Waals surface area contributed by atoms with E-state index in [0.717, 1.165) is 5.56 Å². The maximum Gasteiger partial charge on any atom is 0.329 e.